The Bertz CT molecular complexity index is 976. The van der Waals surface area contributed by atoms with Crippen molar-refractivity contribution in [3.63, 3.8) is 0 Å². The number of nitrogens with zero attached hydrogens (tertiary/aromatic N) is 2. The molecule has 0 atom stereocenters. The molecule has 0 radical (unpaired) electrons. The van der Waals surface area contributed by atoms with Crippen molar-refractivity contribution in [1.29, 1.82) is 0 Å². The summed E-state index contributed by atoms with van der Waals surface area (Å²) in [5.74, 6) is -1.29. The molecule has 0 aliphatic heterocycles. The molecule has 0 spiro atoms. The molecule has 0 bridgehead atoms. The van der Waals surface area contributed by atoms with Gasteiger partial charge in [0, 0.05) is 15.4 Å². The SMILES string of the molecule is O=C(O)CN=c1scc(-c2ccc(Br)cc2)n1C(=O)c1ccccc1. The third-order valence-electron chi connectivity index (χ3n) is 3.42. The summed E-state index contributed by atoms with van der Waals surface area (Å²) in [6.45, 7) is -0.387. The lowest BCUT2D eigenvalue weighted by Crippen LogP contribution is -2.25. The van der Waals surface area contributed by atoms with Gasteiger partial charge in [-0.25, -0.2) is 4.99 Å². The van der Waals surface area contributed by atoms with E-state index in [1.165, 1.54) is 15.9 Å². The minimum atomic E-state index is -1.04. The second kappa shape index (κ2) is 7.58. The zero-order valence-corrected chi connectivity index (χ0v) is 15.3. The standard InChI is InChI=1S/C18H13BrN2O3S/c19-14-8-6-12(7-9-14)15-11-25-18(20-10-16(22)23)21(15)17(24)13-4-2-1-3-5-13/h1-9,11H,10H2,(H,22,23). The minimum Gasteiger partial charge on any atom is -0.480 e. The van der Waals surface area contributed by atoms with Crippen molar-refractivity contribution >= 4 is 39.1 Å². The zero-order valence-electron chi connectivity index (χ0n) is 12.9. The summed E-state index contributed by atoms with van der Waals surface area (Å²) in [5.41, 5.74) is 2.03. The van der Waals surface area contributed by atoms with Crippen LogP contribution in [0.1, 0.15) is 10.4 Å². The third-order valence-corrected chi connectivity index (χ3v) is 4.81. The summed E-state index contributed by atoms with van der Waals surface area (Å²) in [7, 11) is 0. The highest BCUT2D eigenvalue weighted by Crippen LogP contribution is 2.23. The Morgan fingerprint density at radius 3 is 2.40 bits per heavy atom. The number of hydrogen-bond donors (Lipinski definition) is 1. The second-order valence-electron chi connectivity index (χ2n) is 5.13. The van der Waals surface area contributed by atoms with Crippen molar-refractivity contribution in [3.8, 4) is 11.3 Å². The van der Waals surface area contributed by atoms with Gasteiger partial charge >= 0.3 is 5.97 Å². The molecule has 126 valence electrons. The van der Waals surface area contributed by atoms with E-state index in [1.54, 1.807) is 24.3 Å². The Kier molecular flexibility index (Phi) is 5.25. The summed E-state index contributed by atoms with van der Waals surface area (Å²) in [6, 6.07) is 16.4. The average molecular weight is 417 g/mol. The van der Waals surface area contributed by atoms with Crippen LogP contribution in [0, 0.1) is 0 Å². The molecular formula is C18H13BrN2O3S. The molecule has 1 heterocycles. The Labute approximate surface area is 156 Å². The lowest BCUT2D eigenvalue weighted by molar-refractivity contribution is -0.135. The molecule has 0 saturated heterocycles. The molecular weight excluding hydrogens is 404 g/mol. The van der Waals surface area contributed by atoms with Gasteiger partial charge in [0.05, 0.1) is 5.69 Å². The Hall–Kier alpha value is -2.51. The predicted molar refractivity (Wildman–Crippen MR) is 99.7 cm³/mol. The van der Waals surface area contributed by atoms with E-state index in [-0.39, 0.29) is 12.5 Å². The van der Waals surface area contributed by atoms with Crippen LogP contribution in [-0.4, -0.2) is 28.1 Å². The molecule has 3 rings (SSSR count). The highest BCUT2D eigenvalue weighted by molar-refractivity contribution is 9.10. The van der Waals surface area contributed by atoms with Gasteiger partial charge in [0.15, 0.2) is 4.80 Å². The number of rotatable bonds is 4. The van der Waals surface area contributed by atoms with Crippen LogP contribution < -0.4 is 4.80 Å². The average Bonchev–Trinajstić information content (AvgIpc) is 3.04. The van der Waals surface area contributed by atoms with E-state index in [9.17, 15) is 9.59 Å². The Morgan fingerprint density at radius 1 is 1.08 bits per heavy atom. The first kappa shape index (κ1) is 17.3. The minimum absolute atomic E-state index is 0.246. The van der Waals surface area contributed by atoms with Crippen molar-refractivity contribution in [2.45, 2.75) is 0 Å². The van der Waals surface area contributed by atoms with Crippen LogP contribution in [0.3, 0.4) is 0 Å². The van der Waals surface area contributed by atoms with Crippen molar-refractivity contribution in [2.24, 2.45) is 4.99 Å². The molecule has 0 aliphatic rings. The first-order chi connectivity index (χ1) is 12.1. The number of carboxylic acids is 1. The number of benzene rings is 2. The van der Waals surface area contributed by atoms with Crippen LogP contribution in [0.25, 0.3) is 11.3 Å². The van der Waals surface area contributed by atoms with Gasteiger partial charge < -0.3 is 5.11 Å². The molecule has 25 heavy (non-hydrogen) atoms. The summed E-state index contributed by atoms with van der Waals surface area (Å²) < 4.78 is 2.40. The van der Waals surface area contributed by atoms with Gasteiger partial charge in [0.2, 0.25) is 0 Å². The molecule has 5 nitrogen and oxygen atoms in total. The topological polar surface area (TPSA) is 71.7 Å². The number of halogens is 1. The van der Waals surface area contributed by atoms with Crippen LogP contribution in [0.15, 0.2) is 69.4 Å². The molecule has 2 aromatic carbocycles. The number of hydrogen-bond acceptors (Lipinski definition) is 4. The molecule has 3 aromatic rings. The third kappa shape index (κ3) is 3.94. The number of carbonyl (C=O) groups is 2. The van der Waals surface area contributed by atoms with E-state index in [2.05, 4.69) is 20.9 Å². The zero-order chi connectivity index (χ0) is 17.8. The summed E-state index contributed by atoms with van der Waals surface area (Å²) in [5, 5.41) is 10.7. The molecule has 1 aromatic heterocycles. The number of thiazole rings is 1. The van der Waals surface area contributed by atoms with Gasteiger partial charge in [-0.15, -0.1) is 11.3 Å². The number of aromatic nitrogens is 1. The van der Waals surface area contributed by atoms with Gasteiger partial charge in [-0.3, -0.25) is 14.2 Å². The van der Waals surface area contributed by atoms with E-state index in [4.69, 9.17) is 5.11 Å². The monoisotopic (exact) mass is 416 g/mol. The van der Waals surface area contributed by atoms with Gasteiger partial charge in [0.1, 0.15) is 6.54 Å². The Morgan fingerprint density at radius 2 is 1.76 bits per heavy atom. The quantitative estimate of drug-likeness (QED) is 0.705. The van der Waals surface area contributed by atoms with Gasteiger partial charge in [-0.2, -0.15) is 0 Å². The maximum Gasteiger partial charge on any atom is 0.325 e. The molecule has 0 unspecified atom stereocenters. The molecule has 0 fully saturated rings. The molecule has 0 aliphatic carbocycles. The number of carbonyl (C=O) groups excluding carboxylic acids is 1. The molecule has 0 saturated carbocycles. The predicted octanol–water partition coefficient (Wildman–Crippen LogP) is 3.65. The van der Waals surface area contributed by atoms with Crippen LogP contribution in [0.5, 0.6) is 0 Å². The summed E-state index contributed by atoms with van der Waals surface area (Å²) in [4.78, 5) is 28.3. The first-order valence-corrected chi connectivity index (χ1v) is 9.02. The smallest absolute Gasteiger partial charge is 0.325 e. The van der Waals surface area contributed by atoms with Crippen LogP contribution in [0.4, 0.5) is 0 Å². The normalized spacial score (nSPS) is 11.5. The molecule has 0 amide bonds. The van der Waals surface area contributed by atoms with Crippen LogP contribution >= 0.6 is 27.3 Å². The lowest BCUT2D eigenvalue weighted by Gasteiger charge is -2.08. The summed E-state index contributed by atoms with van der Waals surface area (Å²) >= 11 is 4.63. The van der Waals surface area contributed by atoms with Crippen molar-refractivity contribution < 1.29 is 14.7 Å². The van der Waals surface area contributed by atoms with Crippen molar-refractivity contribution in [3.05, 3.63) is 74.8 Å². The molecule has 7 heteroatoms. The van der Waals surface area contributed by atoms with E-state index in [0.717, 1.165) is 10.0 Å². The number of aliphatic carboxylic acids is 1. The van der Waals surface area contributed by atoms with Gasteiger partial charge in [0.25, 0.3) is 5.91 Å². The first-order valence-electron chi connectivity index (χ1n) is 7.35. The maximum atomic E-state index is 13.0. The van der Waals surface area contributed by atoms with Gasteiger partial charge in [-0.05, 0) is 29.8 Å². The van der Waals surface area contributed by atoms with E-state index in [0.29, 0.717) is 16.1 Å². The van der Waals surface area contributed by atoms with Crippen molar-refractivity contribution in [1.82, 2.24) is 4.57 Å². The maximum absolute atomic E-state index is 13.0. The fourth-order valence-electron chi connectivity index (χ4n) is 2.28. The molecule has 1 N–H and O–H groups in total. The fourth-order valence-corrected chi connectivity index (χ4v) is 3.43. The van der Waals surface area contributed by atoms with Crippen molar-refractivity contribution in [2.75, 3.05) is 6.54 Å². The van der Waals surface area contributed by atoms with E-state index in [1.807, 2.05) is 35.7 Å². The van der Waals surface area contributed by atoms with E-state index >= 15 is 0 Å². The van der Waals surface area contributed by atoms with Gasteiger partial charge in [-0.1, -0.05) is 46.3 Å². The fraction of sp³-hybridized carbons (Fsp3) is 0.0556. The highest BCUT2D eigenvalue weighted by Gasteiger charge is 2.16. The largest absolute Gasteiger partial charge is 0.480 e. The highest BCUT2D eigenvalue weighted by atomic mass is 79.9. The number of carboxylic acid groups (broad SMARTS) is 1. The van der Waals surface area contributed by atoms with E-state index < -0.39 is 5.97 Å². The second-order valence-corrected chi connectivity index (χ2v) is 6.88. The van der Waals surface area contributed by atoms with Crippen LogP contribution in [0.2, 0.25) is 0 Å². The van der Waals surface area contributed by atoms with Crippen LogP contribution in [-0.2, 0) is 4.79 Å². The summed E-state index contributed by atoms with van der Waals surface area (Å²) in [6.07, 6.45) is 0. The lowest BCUT2D eigenvalue weighted by atomic mass is 10.1. The Balaban J connectivity index is 2.16.